The first kappa shape index (κ1) is 25.7. The van der Waals surface area contributed by atoms with E-state index in [4.69, 9.17) is 10.00 Å². The molecular formula is C26H32BrN4O3+. The SMILES string of the molecule is COC(=O)C[N+]1(CCCNC(=O)Nc2cccc(C#N)c2)CCC(Cc2ccccc2)CC1Br. The number of hydrogen-bond donors (Lipinski definition) is 2. The molecule has 34 heavy (non-hydrogen) atoms. The van der Waals surface area contributed by atoms with Crippen LogP contribution in [-0.4, -0.2) is 54.7 Å². The number of hydrogen-bond acceptors (Lipinski definition) is 4. The van der Waals surface area contributed by atoms with Crippen LogP contribution in [-0.2, 0) is 16.0 Å². The van der Waals surface area contributed by atoms with Gasteiger partial charge in [-0.1, -0.05) is 36.4 Å². The van der Waals surface area contributed by atoms with Gasteiger partial charge in [0.25, 0.3) is 0 Å². The van der Waals surface area contributed by atoms with Crippen molar-refractivity contribution in [3.63, 3.8) is 0 Å². The van der Waals surface area contributed by atoms with E-state index in [-0.39, 0.29) is 17.0 Å². The zero-order chi connectivity index (χ0) is 24.4. The van der Waals surface area contributed by atoms with E-state index >= 15 is 0 Å². The minimum atomic E-state index is -0.313. The molecule has 0 radical (unpaired) electrons. The summed E-state index contributed by atoms with van der Waals surface area (Å²) in [6, 6.07) is 19.1. The number of likely N-dealkylation sites (tertiary alicyclic amines) is 1. The van der Waals surface area contributed by atoms with Crippen molar-refractivity contribution >= 4 is 33.6 Å². The van der Waals surface area contributed by atoms with E-state index in [1.54, 1.807) is 24.3 Å². The maximum atomic E-state index is 12.3. The Bertz CT molecular complexity index is 1010. The maximum Gasteiger partial charge on any atom is 0.361 e. The van der Waals surface area contributed by atoms with Crippen LogP contribution in [0, 0.1) is 17.2 Å². The molecule has 2 amide bonds. The third-order valence-corrected chi connectivity index (χ3v) is 7.70. The van der Waals surface area contributed by atoms with Crippen molar-refractivity contribution in [2.24, 2.45) is 5.92 Å². The van der Waals surface area contributed by atoms with Crippen molar-refractivity contribution in [3.05, 3.63) is 65.7 Å². The second-order valence-electron chi connectivity index (χ2n) is 8.84. The lowest BCUT2D eigenvalue weighted by Gasteiger charge is -2.47. The van der Waals surface area contributed by atoms with Crippen molar-refractivity contribution in [2.45, 2.75) is 30.6 Å². The minimum absolute atomic E-state index is 0.150. The van der Waals surface area contributed by atoms with Gasteiger partial charge >= 0.3 is 12.0 Å². The monoisotopic (exact) mass is 527 g/mol. The lowest BCUT2D eigenvalue weighted by Crippen LogP contribution is -2.60. The molecule has 2 aromatic rings. The summed E-state index contributed by atoms with van der Waals surface area (Å²) in [5.41, 5.74) is 2.41. The zero-order valence-electron chi connectivity index (χ0n) is 19.5. The van der Waals surface area contributed by atoms with E-state index in [1.807, 2.05) is 6.07 Å². The quantitative estimate of drug-likeness (QED) is 0.166. The molecule has 1 heterocycles. The summed E-state index contributed by atoms with van der Waals surface area (Å²) in [6.07, 6.45) is 3.79. The molecule has 0 aliphatic carbocycles. The fourth-order valence-corrected chi connectivity index (χ4v) is 5.68. The van der Waals surface area contributed by atoms with Crippen LogP contribution in [0.3, 0.4) is 0 Å². The highest BCUT2D eigenvalue weighted by molar-refractivity contribution is 9.09. The number of quaternary nitrogens is 1. The summed E-state index contributed by atoms with van der Waals surface area (Å²) < 4.78 is 5.62. The molecule has 3 atom stereocenters. The second-order valence-corrected chi connectivity index (χ2v) is 9.90. The average molecular weight is 528 g/mol. The highest BCUT2D eigenvalue weighted by atomic mass is 79.9. The van der Waals surface area contributed by atoms with Crippen molar-refractivity contribution in [3.8, 4) is 6.07 Å². The van der Waals surface area contributed by atoms with Crippen LogP contribution >= 0.6 is 15.9 Å². The largest absolute Gasteiger partial charge is 0.465 e. The van der Waals surface area contributed by atoms with Gasteiger partial charge in [0.05, 0.1) is 31.8 Å². The van der Waals surface area contributed by atoms with Crippen LogP contribution in [0.2, 0.25) is 0 Å². The molecule has 1 aliphatic heterocycles. The van der Waals surface area contributed by atoms with Gasteiger partial charge in [-0.05, 0) is 52.0 Å². The number of nitrogens with zero attached hydrogens (tertiary/aromatic N) is 2. The fourth-order valence-electron chi connectivity index (χ4n) is 4.60. The minimum Gasteiger partial charge on any atom is -0.465 e. The van der Waals surface area contributed by atoms with Crippen molar-refractivity contribution in [1.82, 2.24) is 5.32 Å². The number of alkyl halides is 1. The Morgan fingerprint density at radius 2 is 2.00 bits per heavy atom. The summed E-state index contributed by atoms with van der Waals surface area (Å²) >= 11 is 3.90. The molecule has 3 unspecified atom stereocenters. The third-order valence-electron chi connectivity index (χ3n) is 6.46. The van der Waals surface area contributed by atoms with Crippen LogP contribution in [0.5, 0.6) is 0 Å². The number of benzene rings is 2. The molecule has 7 nitrogen and oxygen atoms in total. The Balaban J connectivity index is 1.52. The zero-order valence-corrected chi connectivity index (χ0v) is 21.1. The van der Waals surface area contributed by atoms with Gasteiger partial charge in [0, 0.05) is 31.5 Å². The molecular weight excluding hydrogens is 496 g/mol. The number of piperidine rings is 1. The van der Waals surface area contributed by atoms with Gasteiger partial charge in [0.15, 0.2) is 6.54 Å². The number of carbonyl (C=O) groups excluding carboxylic acids is 2. The topological polar surface area (TPSA) is 91.2 Å². The number of amides is 2. The van der Waals surface area contributed by atoms with Crippen LogP contribution in [0.25, 0.3) is 0 Å². The average Bonchev–Trinajstić information content (AvgIpc) is 2.84. The first-order chi connectivity index (χ1) is 16.4. The van der Waals surface area contributed by atoms with E-state index in [0.717, 1.165) is 38.8 Å². The first-order valence-electron chi connectivity index (χ1n) is 11.6. The molecule has 3 rings (SSSR count). The molecule has 0 aromatic heterocycles. The molecule has 0 bridgehead atoms. The van der Waals surface area contributed by atoms with E-state index < -0.39 is 0 Å². The van der Waals surface area contributed by atoms with Gasteiger partial charge in [-0.25, -0.2) is 9.59 Å². The van der Waals surface area contributed by atoms with E-state index in [1.165, 1.54) is 12.7 Å². The van der Waals surface area contributed by atoms with Crippen LogP contribution < -0.4 is 10.6 Å². The number of anilines is 1. The van der Waals surface area contributed by atoms with E-state index in [9.17, 15) is 9.59 Å². The number of methoxy groups -OCH3 is 1. The predicted molar refractivity (Wildman–Crippen MR) is 135 cm³/mol. The number of rotatable bonds is 9. The summed E-state index contributed by atoms with van der Waals surface area (Å²) in [6.45, 7) is 2.44. The van der Waals surface area contributed by atoms with Crippen molar-refractivity contribution in [1.29, 1.82) is 5.26 Å². The molecule has 2 N–H and O–H groups in total. The smallest absolute Gasteiger partial charge is 0.361 e. The molecule has 1 aliphatic rings. The first-order valence-corrected chi connectivity index (χ1v) is 12.5. The lowest BCUT2D eigenvalue weighted by molar-refractivity contribution is -0.935. The Labute approximate surface area is 209 Å². The number of esters is 1. The lowest BCUT2D eigenvalue weighted by atomic mass is 9.88. The Morgan fingerprint density at radius 3 is 2.71 bits per heavy atom. The number of carbonyl (C=O) groups is 2. The molecule has 1 fully saturated rings. The molecule has 0 saturated carbocycles. The predicted octanol–water partition coefficient (Wildman–Crippen LogP) is 4.43. The summed E-state index contributed by atoms with van der Waals surface area (Å²) in [4.78, 5) is 24.6. The number of nitrogens with one attached hydrogen (secondary N) is 2. The van der Waals surface area contributed by atoms with Crippen LogP contribution in [0.15, 0.2) is 54.6 Å². The number of ether oxygens (including phenoxy) is 1. The highest BCUT2D eigenvalue weighted by Gasteiger charge is 2.42. The van der Waals surface area contributed by atoms with Crippen LogP contribution in [0.1, 0.15) is 30.4 Å². The molecule has 1 saturated heterocycles. The molecule has 2 aromatic carbocycles. The molecule has 8 heteroatoms. The fraction of sp³-hybridized carbons (Fsp3) is 0.423. The standard InChI is InChI=1S/C26H31BrN4O3/c1-34-25(32)19-31(14-11-21(17-24(31)27)15-20-7-3-2-4-8-20)13-6-12-29-26(33)30-23-10-5-9-22(16-23)18-28/h2-5,7-10,16,21,24H,6,11-15,17,19H2,1H3,(H-,29,30,33)/p+1. The summed E-state index contributed by atoms with van der Waals surface area (Å²) in [7, 11) is 1.43. The van der Waals surface area contributed by atoms with E-state index in [2.05, 4.69) is 56.9 Å². The van der Waals surface area contributed by atoms with Gasteiger partial charge < -0.3 is 19.9 Å². The Morgan fingerprint density at radius 1 is 1.21 bits per heavy atom. The Hall–Kier alpha value is -2.89. The second kappa shape index (κ2) is 12.5. The number of halogens is 1. The summed E-state index contributed by atoms with van der Waals surface area (Å²) in [5, 5.41) is 14.6. The number of urea groups is 1. The van der Waals surface area contributed by atoms with Gasteiger partial charge in [0.2, 0.25) is 0 Å². The molecule has 180 valence electrons. The van der Waals surface area contributed by atoms with Gasteiger partial charge in [0.1, 0.15) is 4.95 Å². The normalized spacial score (nSPS) is 21.8. The Kier molecular flexibility index (Phi) is 9.49. The third kappa shape index (κ3) is 7.31. The van der Waals surface area contributed by atoms with Gasteiger partial charge in [-0.2, -0.15) is 5.26 Å². The molecule has 0 spiro atoms. The highest BCUT2D eigenvalue weighted by Crippen LogP contribution is 2.35. The van der Waals surface area contributed by atoms with Crippen molar-refractivity contribution < 1.29 is 18.8 Å². The van der Waals surface area contributed by atoms with Gasteiger partial charge in [-0.3, -0.25) is 0 Å². The maximum absolute atomic E-state index is 12.3. The van der Waals surface area contributed by atoms with E-state index in [0.29, 0.717) is 34.7 Å². The van der Waals surface area contributed by atoms with Crippen molar-refractivity contribution in [2.75, 3.05) is 38.6 Å². The van der Waals surface area contributed by atoms with Crippen LogP contribution in [0.4, 0.5) is 10.5 Å². The summed E-state index contributed by atoms with van der Waals surface area (Å²) in [5.74, 6) is 0.345. The number of nitriles is 1. The van der Waals surface area contributed by atoms with Gasteiger partial charge in [-0.15, -0.1) is 0 Å².